The zero-order chi connectivity index (χ0) is 10.7. The first-order valence-corrected chi connectivity index (χ1v) is 5.90. The first-order chi connectivity index (χ1) is 7.25. The number of aliphatic hydroxyl groups excluding tert-OH is 1. The Morgan fingerprint density at radius 1 is 1.60 bits per heavy atom. The van der Waals surface area contributed by atoms with Gasteiger partial charge >= 0.3 is 0 Å². The molecular weight excluding hydrogens is 258 g/mol. The summed E-state index contributed by atoms with van der Waals surface area (Å²) in [6.45, 7) is 1.46. The molecule has 15 heavy (non-hydrogen) atoms. The maximum atomic E-state index is 9.97. The number of ether oxygens (including phenoxy) is 1. The van der Waals surface area contributed by atoms with Crippen molar-refractivity contribution in [3.05, 3.63) is 28.5 Å². The van der Waals surface area contributed by atoms with E-state index in [-0.39, 0.29) is 12.0 Å². The van der Waals surface area contributed by atoms with Gasteiger partial charge in [-0.2, -0.15) is 0 Å². The Bertz CT molecular complexity index is 326. The van der Waals surface area contributed by atoms with Crippen molar-refractivity contribution in [3.63, 3.8) is 0 Å². The number of halogens is 1. The zero-order valence-electron chi connectivity index (χ0n) is 8.40. The highest BCUT2D eigenvalue weighted by Crippen LogP contribution is 2.20. The minimum Gasteiger partial charge on any atom is -0.392 e. The van der Waals surface area contributed by atoms with Crippen molar-refractivity contribution in [1.82, 2.24) is 4.98 Å². The van der Waals surface area contributed by atoms with E-state index >= 15 is 0 Å². The fourth-order valence-electron chi connectivity index (χ4n) is 1.83. The van der Waals surface area contributed by atoms with Gasteiger partial charge in [0.05, 0.1) is 12.7 Å². The third-order valence-corrected chi connectivity index (χ3v) is 3.15. The Labute approximate surface area is 97.6 Å². The van der Waals surface area contributed by atoms with Crippen LogP contribution in [0.5, 0.6) is 0 Å². The normalized spacial score (nSPS) is 22.9. The van der Waals surface area contributed by atoms with Gasteiger partial charge in [0.25, 0.3) is 0 Å². The highest BCUT2D eigenvalue weighted by atomic mass is 79.9. The molecule has 2 heterocycles. The number of hydrogen-bond donors (Lipinski definition) is 1. The molecule has 82 valence electrons. The molecule has 2 rings (SSSR count). The van der Waals surface area contributed by atoms with Crippen molar-refractivity contribution >= 4 is 15.9 Å². The third kappa shape index (κ3) is 3.00. The quantitative estimate of drug-likeness (QED) is 0.912. The maximum absolute atomic E-state index is 9.97. The van der Waals surface area contributed by atoms with Gasteiger partial charge in [-0.05, 0) is 34.0 Å². The predicted molar refractivity (Wildman–Crippen MR) is 60.6 cm³/mol. The zero-order valence-corrected chi connectivity index (χ0v) is 9.98. The molecule has 3 nitrogen and oxygen atoms in total. The Morgan fingerprint density at radius 3 is 3.13 bits per heavy atom. The molecular formula is C11H14BrNO2. The fraction of sp³-hybridized carbons (Fsp3) is 0.545. The molecule has 0 aromatic carbocycles. The molecule has 1 aliphatic rings. The van der Waals surface area contributed by atoms with E-state index in [1.807, 2.05) is 6.07 Å². The van der Waals surface area contributed by atoms with E-state index in [0.29, 0.717) is 13.0 Å². The molecule has 1 aromatic rings. The van der Waals surface area contributed by atoms with E-state index < -0.39 is 0 Å². The summed E-state index contributed by atoms with van der Waals surface area (Å²) >= 11 is 3.37. The highest BCUT2D eigenvalue weighted by molar-refractivity contribution is 9.10. The largest absolute Gasteiger partial charge is 0.392 e. The molecule has 1 aromatic heterocycles. The van der Waals surface area contributed by atoms with E-state index in [4.69, 9.17) is 4.74 Å². The van der Waals surface area contributed by atoms with Crippen molar-refractivity contribution in [1.29, 1.82) is 0 Å². The number of hydrogen-bond acceptors (Lipinski definition) is 3. The summed E-state index contributed by atoms with van der Waals surface area (Å²) in [5.74, 6) is 0.281. The predicted octanol–water partition coefficient (Wildman–Crippen LogP) is 1.78. The molecule has 0 amide bonds. The summed E-state index contributed by atoms with van der Waals surface area (Å²) in [6, 6.07) is 1.99. The van der Waals surface area contributed by atoms with Crippen LogP contribution >= 0.6 is 15.9 Å². The summed E-state index contributed by atoms with van der Waals surface area (Å²) in [6.07, 6.45) is 4.84. The average Bonchev–Trinajstić information content (AvgIpc) is 2.70. The number of aromatic nitrogens is 1. The van der Waals surface area contributed by atoms with Gasteiger partial charge in [0.15, 0.2) is 0 Å². The van der Waals surface area contributed by atoms with Crippen molar-refractivity contribution < 1.29 is 9.84 Å². The second-order valence-corrected chi connectivity index (χ2v) is 4.82. The molecule has 0 bridgehead atoms. The van der Waals surface area contributed by atoms with Crippen LogP contribution in [-0.4, -0.2) is 29.4 Å². The minimum atomic E-state index is -0.316. The van der Waals surface area contributed by atoms with Crippen LogP contribution in [0.3, 0.4) is 0 Å². The number of nitrogens with zero attached hydrogens (tertiary/aromatic N) is 1. The van der Waals surface area contributed by atoms with Crippen LogP contribution in [0.1, 0.15) is 12.0 Å². The Hall–Kier alpha value is -0.450. The molecule has 2 atom stereocenters. The van der Waals surface area contributed by atoms with Crippen LogP contribution in [0.4, 0.5) is 0 Å². The van der Waals surface area contributed by atoms with Gasteiger partial charge in [-0.1, -0.05) is 0 Å². The smallest absolute Gasteiger partial charge is 0.0632 e. The molecule has 4 heteroatoms. The molecule has 2 unspecified atom stereocenters. The summed E-state index contributed by atoms with van der Waals surface area (Å²) in [5, 5.41) is 9.97. The van der Waals surface area contributed by atoms with Crippen LogP contribution in [0.2, 0.25) is 0 Å². The first kappa shape index (κ1) is 11.0. The number of rotatable bonds is 3. The average molecular weight is 272 g/mol. The van der Waals surface area contributed by atoms with E-state index in [1.165, 1.54) is 0 Å². The second kappa shape index (κ2) is 5.05. The van der Waals surface area contributed by atoms with Crippen LogP contribution in [0.15, 0.2) is 22.9 Å². The molecule has 1 fully saturated rings. The van der Waals surface area contributed by atoms with Crippen molar-refractivity contribution in [2.24, 2.45) is 5.92 Å². The van der Waals surface area contributed by atoms with Crippen molar-refractivity contribution in [2.45, 2.75) is 18.9 Å². The van der Waals surface area contributed by atoms with Gasteiger partial charge in [-0.3, -0.25) is 4.98 Å². The Kier molecular flexibility index (Phi) is 3.72. The Balaban J connectivity index is 1.95. The van der Waals surface area contributed by atoms with Crippen LogP contribution in [0.25, 0.3) is 0 Å². The Morgan fingerprint density at radius 2 is 2.47 bits per heavy atom. The van der Waals surface area contributed by atoms with Gasteiger partial charge in [0.2, 0.25) is 0 Å². The van der Waals surface area contributed by atoms with E-state index in [9.17, 15) is 5.11 Å². The van der Waals surface area contributed by atoms with Crippen LogP contribution in [-0.2, 0) is 11.2 Å². The standard InChI is InChI=1S/C11H14BrNO2/c12-10-3-8(5-13-6-10)4-11(14)9-1-2-15-7-9/h3,5-6,9,11,14H,1-2,4,7H2. The lowest BCUT2D eigenvalue weighted by Gasteiger charge is -2.16. The lowest BCUT2D eigenvalue weighted by atomic mass is 9.96. The first-order valence-electron chi connectivity index (χ1n) is 5.11. The molecule has 1 saturated heterocycles. The molecule has 0 radical (unpaired) electrons. The van der Waals surface area contributed by atoms with Gasteiger partial charge in [0, 0.05) is 35.8 Å². The number of pyridine rings is 1. The number of aliphatic hydroxyl groups is 1. The lowest BCUT2D eigenvalue weighted by Crippen LogP contribution is -2.23. The van der Waals surface area contributed by atoms with Gasteiger partial charge in [0.1, 0.15) is 0 Å². The second-order valence-electron chi connectivity index (χ2n) is 3.91. The molecule has 0 saturated carbocycles. The molecule has 1 N–H and O–H groups in total. The van der Waals surface area contributed by atoms with E-state index in [0.717, 1.165) is 23.1 Å². The summed E-state index contributed by atoms with van der Waals surface area (Å²) in [7, 11) is 0. The topological polar surface area (TPSA) is 42.4 Å². The summed E-state index contributed by atoms with van der Waals surface area (Å²) in [5.41, 5.74) is 1.06. The van der Waals surface area contributed by atoms with Crippen molar-refractivity contribution in [3.8, 4) is 0 Å². The minimum absolute atomic E-state index is 0.281. The third-order valence-electron chi connectivity index (χ3n) is 2.72. The van der Waals surface area contributed by atoms with Gasteiger partial charge < -0.3 is 9.84 Å². The van der Waals surface area contributed by atoms with Gasteiger partial charge in [-0.15, -0.1) is 0 Å². The molecule has 0 spiro atoms. The fourth-order valence-corrected chi connectivity index (χ4v) is 2.24. The van der Waals surface area contributed by atoms with Crippen molar-refractivity contribution in [2.75, 3.05) is 13.2 Å². The monoisotopic (exact) mass is 271 g/mol. The summed E-state index contributed by atoms with van der Waals surface area (Å²) in [4.78, 5) is 4.07. The maximum Gasteiger partial charge on any atom is 0.0632 e. The lowest BCUT2D eigenvalue weighted by molar-refractivity contribution is 0.0918. The van der Waals surface area contributed by atoms with E-state index in [2.05, 4.69) is 20.9 Å². The van der Waals surface area contributed by atoms with Crippen LogP contribution < -0.4 is 0 Å². The van der Waals surface area contributed by atoms with Gasteiger partial charge in [-0.25, -0.2) is 0 Å². The SMILES string of the molecule is OC(Cc1cncc(Br)c1)C1CCOC1. The molecule has 1 aliphatic heterocycles. The highest BCUT2D eigenvalue weighted by Gasteiger charge is 2.23. The molecule has 0 aliphatic carbocycles. The van der Waals surface area contributed by atoms with E-state index in [1.54, 1.807) is 12.4 Å². The van der Waals surface area contributed by atoms with Crippen LogP contribution in [0, 0.1) is 5.92 Å². The summed E-state index contributed by atoms with van der Waals surface area (Å²) < 4.78 is 6.21.